The van der Waals surface area contributed by atoms with Crippen LogP contribution in [0.1, 0.15) is 12.8 Å². The number of anilines is 1. The number of amides is 1. The first-order chi connectivity index (χ1) is 15.6. The molecule has 32 heavy (non-hydrogen) atoms. The zero-order valence-corrected chi connectivity index (χ0v) is 18.3. The van der Waals surface area contributed by atoms with Crippen LogP contribution in [0.5, 0.6) is 0 Å². The van der Waals surface area contributed by atoms with Gasteiger partial charge in [-0.25, -0.2) is 9.97 Å². The smallest absolute Gasteiger partial charge is 0.261 e. The zero-order valence-electron chi connectivity index (χ0n) is 16.7. The van der Waals surface area contributed by atoms with Gasteiger partial charge in [-0.05, 0) is 42.8 Å². The lowest BCUT2D eigenvalue weighted by atomic mass is 10.2. The molecule has 7 nitrogen and oxygen atoms in total. The highest BCUT2D eigenvalue weighted by atomic mass is 35.5. The van der Waals surface area contributed by atoms with Gasteiger partial charge in [-0.1, -0.05) is 23.7 Å². The van der Waals surface area contributed by atoms with Gasteiger partial charge in [0.25, 0.3) is 5.56 Å². The fourth-order valence-electron chi connectivity index (χ4n) is 3.44. The maximum absolute atomic E-state index is 12.5. The van der Waals surface area contributed by atoms with Crippen molar-refractivity contribution in [3.63, 3.8) is 0 Å². The summed E-state index contributed by atoms with van der Waals surface area (Å²) in [6, 6.07) is 14.5. The van der Waals surface area contributed by atoms with E-state index in [1.807, 2.05) is 35.7 Å². The summed E-state index contributed by atoms with van der Waals surface area (Å²) >= 11 is 7.35. The molecule has 5 aromatic rings. The van der Waals surface area contributed by atoms with Gasteiger partial charge in [0.05, 0.1) is 17.2 Å². The number of para-hydroxylation sites is 1. The molecule has 0 fully saturated rings. The van der Waals surface area contributed by atoms with E-state index in [9.17, 15) is 9.59 Å². The molecule has 5 rings (SSSR count). The van der Waals surface area contributed by atoms with Crippen LogP contribution < -0.4 is 10.9 Å². The Morgan fingerprint density at radius 1 is 1.19 bits per heavy atom. The summed E-state index contributed by atoms with van der Waals surface area (Å²) in [4.78, 5) is 33.6. The van der Waals surface area contributed by atoms with Crippen LogP contribution in [0.2, 0.25) is 5.02 Å². The van der Waals surface area contributed by atoms with Crippen LogP contribution in [0.4, 0.5) is 5.13 Å². The second-order valence-corrected chi connectivity index (χ2v) is 8.54. The van der Waals surface area contributed by atoms with Crippen molar-refractivity contribution in [2.45, 2.75) is 19.4 Å². The van der Waals surface area contributed by atoms with Crippen LogP contribution >= 0.6 is 22.9 Å². The van der Waals surface area contributed by atoms with Gasteiger partial charge in [-0.15, -0.1) is 11.3 Å². The number of fused-ring (bicyclic) bond motifs is 2. The average Bonchev–Trinajstić information content (AvgIpc) is 3.42. The van der Waals surface area contributed by atoms with Crippen molar-refractivity contribution in [2.24, 2.45) is 0 Å². The number of hydrogen-bond acceptors (Lipinski definition) is 6. The lowest BCUT2D eigenvalue weighted by Gasteiger charge is -2.06. The second-order valence-electron chi connectivity index (χ2n) is 7.24. The highest BCUT2D eigenvalue weighted by Gasteiger charge is 2.12. The Balaban J connectivity index is 1.20. The molecule has 3 aromatic heterocycles. The minimum atomic E-state index is -0.163. The van der Waals surface area contributed by atoms with E-state index >= 15 is 0 Å². The Labute approximate surface area is 191 Å². The molecule has 0 aliphatic heterocycles. The van der Waals surface area contributed by atoms with Crippen molar-refractivity contribution >= 4 is 55.8 Å². The molecule has 9 heteroatoms. The first-order valence-electron chi connectivity index (χ1n) is 9.96. The molecule has 0 bridgehead atoms. The molecule has 3 heterocycles. The Kier molecular flexibility index (Phi) is 5.46. The van der Waals surface area contributed by atoms with Gasteiger partial charge in [0.15, 0.2) is 10.9 Å². The molecule has 0 saturated carbocycles. The minimum absolute atomic E-state index is 0.104. The number of halogens is 1. The highest BCUT2D eigenvalue weighted by molar-refractivity contribution is 7.14. The standard InChI is InChI=1S/C23H17ClN4O3S/c24-15-7-8-19-14(10-15)11-20(31-19)18-12-32-23(26-18)27-21(29)6-3-9-28-13-25-17-5-2-1-4-16(17)22(28)30/h1-2,4-5,7-8,10-13H,3,6,9H2,(H,26,27,29). The number of nitrogens with one attached hydrogen (secondary N) is 1. The predicted octanol–water partition coefficient (Wildman–Crippen LogP) is 5.34. The maximum atomic E-state index is 12.5. The molecule has 2 aromatic carbocycles. The summed E-state index contributed by atoms with van der Waals surface area (Å²) in [6.45, 7) is 0.411. The van der Waals surface area contributed by atoms with E-state index in [2.05, 4.69) is 15.3 Å². The predicted molar refractivity (Wildman–Crippen MR) is 126 cm³/mol. The third kappa shape index (κ3) is 4.15. The number of carbonyl (C=O) groups is 1. The number of aryl methyl sites for hydroxylation is 1. The van der Waals surface area contributed by atoms with E-state index in [0.29, 0.717) is 45.5 Å². The molecule has 0 unspecified atom stereocenters. The lowest BCUT2D eigenvalue weighted by molar-refractivity contribution is -0.116. The number of rotatable bonds is 6. The first kappa shape index (κ1) is 20.4. The summed E-state index contributed by atoms with van der Waals surface area (Å²) in [5.41, 5.74) is 1.93. The molecule has 0 aliphatic carbocycles. The largest absolute Gasteiger partial charge is 0.454 e. The number of furan rings is 1. The Morgan fingerprint density at radius 3 is 2.97 bits per heavy atom. The van der Waals surface area contributed by atoms with Crippen LogP contribution in [-0.4, -0.2) is 20.4 Å². The summed E-state index contributed by atoms with van der Waals surface area (Å²) in [6.07, 6.45) is 2.29. The van der Waals surface area contributed by atoms with Gasteiger partial charge in [0.1, 0.15) is 11.3 Å². The van der Waals surface area contributed by atoms with Crippen LogP contribution in [-0.2, 0) is 11.3 Å². The highest BCUT2D eigenvalue weighted by Crippen LogP contribution is 2.31. The summed E-state index contributed by atoms with van der Waals surface area (Å²) < 4.78 is 7.35. The van der Waals surface area contributed by atoms with Crippen LogP contribution in [0.25, 0.3) is 33.3 Å². The molecule has 1 amide bonds. The van der Waals surface area contributed by atoms with Crippen molar-refractivity contribution in [3.8, 4) is 11.5 Å². The van der Waals surface area contributed by atoms with Gasteiger partial charge in [-0.3, -0.25) is 14.2 Å². The number of thiazole rings is 1. The van der Waals surface area contributed by atoms with Crippen molar-refractivity contribution < 1.29 is 9.21 Å². The Hall–Kier alpha value is -3.49. The molecular weight excluding hydrogens is 448 g/mol. The first-order valence-corrected chi connectivity index (χ1v) is 11.2. The molecule has 0 saturated heterocycles. The molecule has 160 valence electrons. The lowest BCUT2D eigenvalue weighted by Crippen LogP contribution is -2.21. The summed E-state index contributed by atoms with van der Waals surface area (Å²) in [5.74, 6) is 0.450. The Morgan fingerprint density at radius 2 is 2.06 bits per heavy atom. The van der Waals surface area contributed by atoms with Gasteiger partial charge in [0.2, 0.25) is 5.91 Å². The topological polar surface area (TPSA) is 90.0 Å². The van der Waals surface area contributed by atoms with Crippen molar-refractivity contribution in [1.29, 1.82) is 0 Å². The monoisotopic (exact) mass is 464 g/mol. The molecule has 0 aliphatic rings. The van der Waals surface area contributed by atoms with Crippen molar-refractivity contribution in [2.75, 3.05) is 5.32 Å². The summed E-state index contributed by atoms with van der Waals surface area (Å²) in [5, 5.41) is 7.23. The van der Waals surface area contributed by atoms with Gasteiger partial charge in [0, 0.05) is 28.8 Å². The van der Waals surface area contributed by atoms with Gasteiger partial charge < -0.3 is 9.73 Å². The van der Waals surface area contributed by atoms with E-state index < -0.39 is 0 Å². The number of hydrogen-bond donors (Lipinski definition) is 1. The third-order valence-electron chi connectivity index (χ3n) is 5.02. The zero-order chi connectivity index (χ0) is 22.1. The second kappa shape index (κ2) is 8.57. The molecular formula is C23H17ClN4O3S. The average molecular weight is 465 g/mol. The van der Waals surface area contributed by atoms with Crippen molar-refractivity contribution in [1.82, 2.24) is 14.5 Å². The molecule has 0 radical (unpaired) electrons. The Bertz CT molecular complexity index is 1500. The van der Waals surface area contributed by atoms with Crippen molar-refractivity contribution in [3.05, 3.63) is 75.6 Å². The molecule has 0 spiro atoms. The molecule has 0 atom stereocenters. The molecule has 1 N–H and O–H groups in total. The van der Waals surface area contributed by atoms with E-state index in [1.54, 1.807) is 18.2 Å². The fourth-order valence-corrected chi connectivity index (χ4v) is 4.34. The number of nitrogens with zero attached hydrogens (tertiary/aromatic N) is 3. The summed E-state index contributed by atoms with van der Waals surface area (Å²) in [7, 11) is 0. The number of benzene rings is 2. The van der Waals surface area contributed by atoms with Crippen LogP contribution in [0, 0.1) is 0 Å². The van der Waals surface area contributed by atoms with Gasteiger partial charge >= 0.3 is 0 Å². The van der Waals surface area contributed by atoms with Crippen LogP contribution in [0.15, 0.2) is 69.5 Å². The normalized spacial score (nSPS) is 11.3. The quantitative estimate of drug-likeness (QED) is 0.366. The van der Waals surface area contributed by atoms with E-state index in [4.69, 9.17) is 16.0 Å². The van der Waals surface area contributed by atoms with E-state index in [1.165, 1.54) is 22.2 Å². The minimum Gasteiger partial charge on any atom is -0.454 e. The van der Waals surface area contributed by atoms with E-state index in [0.717, 1.165) is 11.0 Å². The number of carbonyl (C=O) groups excluding carboxylic acids is 1. The third-order valence-corrected chi connectivity index (χ3v) is 6.01. The van der Waals surface area contributed by atoms with Crippen LogP contribution in [0.3, 0.4) is 0 Å². The number of aromatic nitrogens is 3. The fraction of sp³-hybridized carbons (Fsp3) is 0.130. The van der Waals surface area contributed by atoms with E-state index in [-0.39, 0.29) is 17.9 Å². The van der Waals surface area contributed by atoms with Gasteiger partial charge in [-0.2, -0.15) is 0 Å². The maximum Gasteiger partial charge on any atom is 0.261 e. The SMILES string of the molecule is O=C(CCCn1cnc2ccccc2c1=O)Nc1nc(-c2cc3cc(Cl)ccc3o2)cs1.